The molecule has 1 unspecified atom stereocenters. The summed E-state index contributed by atoms with van der Waals surface area (Å²) in [6.45, 7) is 3.24. The van der Waals surface area contributed by atoms with E-state index in [4.69, 9.17) is 0 Å². The highest BCUT2D eigenvalue weighted by Crippen LogP contribution is 2.31. The molecule has 0 aromatic heterocycles. The van der Waals surface area contributed by atoms with Crippen LogP contribution in [0.15, 0.2) is 76.5 Å². The van der Waals surface area contributed by atoms with Gasteiger partial charge in [0.05, 0.1) is 15.4 Å². The summed E-state index contributed by atoms with van der Waals surface area (Å²) in [5.41, 5.74) is 2.48. The Hall–Kier alpha value is -3.66. The van der Waals surface area contributed by atoms with E-state index in [-0.39, 0.29) is 21.8 Å². The van der Waals surface area contributed by atoms with Crippen LogP contribution in [0.5, 0.6) is 0 Å². The monoisotopic (exact) mass is 519 g/mol. The highest BCUT2D eigenvalue weighted by atomic mass is 32.2. The number of halogens is 3. The number of sulfone groups is 1. The first-order chi connectivity index (χ1) is 16.8. The number of carboxylic acid groups (broad SMARTS) is 1. The van der Waals surface area contributed by atoms with Crippen LogP contribution < -0.4 is 5.32 Å². The van der Waals surface area contributed by atoms with Crippen molar-refractivity contribution < 1.29 is 36.3 Å². The molecule has 0 aliphatic carbocycles. The number of carbonyl (C=O) groups excluding carboxylic acids is 1. The van der Waals surface area contributed by atoms with Gasteiger partial charge in [0.1, 0.15) is 0 Å². The molecule has 0 aliphatic rings. The Kier molecular flexibility index (Phi) is 7.88. The predicted octanol–water partition coefficient (Wildman–Crippen LogP) is 5.06. The van der Waals surface area contributed by atoms with Gasteiger partial charge >= 0.3 is 18.1 Å². The zero-order valence-corrected chi connectivity index (χ0v) is 20.3. The summed E-state index contributed by atoms with van der Waals surface area (Å²) in [5.74, 6) is -3.10. The lowest BCUT2D eigenvalue weighted by Gasteiger charge is -2.15. The van der Waals surface area contributed by atoms with Crippen molar-refractivity contribution in [3.05, 3.63) is 83.4 Å². The lowest BCUT2D eigenvalue weighted by atomic mass is 9.94. The summed E-state index contributed by atoms with van der Waals surface area (Å²) in [6, 6.07) is 15.9. The molecule has 3 aromatic rings. The van der Waals surface area contributed by atoms with Crippen molar-refractivity contribution in [3.63, 3.8) is 0 Å². The van der Waals surface area contributed by atoms with E-state index < -0.39 is 33.9 Å². The van der Waals surface area contributed by atoms with Crippen molar-refractivity contribution in [2.45, 2.75) is 48.7 Å². The third kappa shape index (κ3) is 5.93. The lowest BCUT2D eigenvalue weighted by Crippen LogP contribution is -2.42. The standard InChI is InChI=1S/C26H24F3NO5S/c1-3-21-22(8-5-9-23(21)24(31)32)18-6-4-7-20(15-18)36(34,35)19-12-10-17(11-13-19)14-16(2)30-25(33)26(27,28)29/h4-13,15-16H,3,14H2,1-2H3,(H,30,33)(H,31,32). The fraction of sp³-hybridized carbons (Fsp3) is 0.231. The number of alkyl halides is 3. The second kappa shape index (κ2) is 10.5. The Morgan fingerprint density at radius 2 is 1.61 bits per heavy atom. The van der Waals surface area contributed by atoms with Gasteiger partial charge in [-0.25, -0.2) is 13.2 Å². The van der Waals surface area contributed by atoms with Crippen LogP contribution in [0.1, 0.15) is 35.3 Å². The first-order valence-corrected chi connectivity index (χ1v) is 12.5. The van der Waals surface area contributed by atoms with Crippen molar-refractivity contribution in [2.75, 3.05) is 0 Å². The van der Waals surface area contributed by atoms with Crippen LogP contribution in [0.4, 0.5) is 13.2 Å². The molecular formula is C26H24F3NO5S. The van der Waals surface area contributed by atoms with Crippen LogP contribution in [0.2, 0.25) is 0 Å². The number of benzene rings is 3. The summed E-state index contributed by atoms with van der Waals surface area (Å²) in [7, 11) is -3.93. The van der Waals surface area contributed by atoms with E-state index in [2.05, 4.69) is 0 Å². The van der Waals surface area contributed by atoms with Gasteiger partial charge in [0.2, 0.25) is 9.84 Å². The molecule has 36 heavy (non-hydrogen) atoms. The number of amides is 1. The number of hydrogen-bond donors (Lipinski definition) is 2. The van der Waals surface area contributed by atoms with Crippen molar-refractivity contribution in [2.24, 2.45) is 0 Å². The number of carboxylic acids is 1. The summed E-state index contributed by atoms with van der Waals surface area (Å²) < 4.78 is 63.8. The fourth-order valence-corrected chi connectivity index (χ4v) is 5.23. The normalized spacial score (nSPS) is 12.7. The molecule has 0 radical (unpaired) electrons. The maximum absolute atomic E-state index is 13.3. The molecule has 10 heteroatoms. The molecule has 0 fully saturated rings. The number of hydrogen-bond acceptors (Lipinski definition) is 4. The van der Waals surface area contributed by atoms with Crippen LogP contribution in [0, 0.1) is 0 Å². The average Bonchev–Trinajstić information content (AvgIpc) is 2.83. The Morgan fingerprint density at radius 1 is 0.972 bits per heavy atom. The Labute approximate surface area is 206 Å². The lowest BCUT2D eigenvalue weighted by molar-refractivity contribution is -0.174. The molecule has 0 saturated heterocycles. The summed E-state index contributed by atoms with van der Waals surface area (Å²) >= 11 is 0. The molecule has 2 N–H and O–H groups in total. The van der Waals surface area contributed by atoms with Gasteiger partial charge in [0.25, 0.3) is 0 Å². The minimum atomic E-state index is -4.98. The highest BCUT2D eigenvalue weighted by Gasteiger charge is 2.39. The van der Waals surface area contributed by atoms with Crippen molar-refractivity contribution >= 4 is 21.7 Å². The summed E-state index contributed by atoms with van der Waals surface area (Å²) in [6.07, 6.45) is -4.46. The zero-order valence-electron chi connectivity index (χ0n) is 19.5. The Morgan fingerprint density at radius 3 is 2.19 bits per heavy atom. The van der Waals surface area contributed by atoms with Gasteiger partial charge in [0.15, 0.2) is 0 Å². The van der Waals surface area contributed by atoms with Crippen molar-refractivity contribution in [1.29, 1.82) is 0 Å². The maximum Gasteiger partial charge on any atom is 0.471 e. The minimum absolute atomic E-state index is 0.00891. The smallest absolute Gasteiger partial charge is 0.471 e. The second-order valence-corrected chi connectivity index (χ2v) is 10.2. The third-order valence-electron chi connectivity index (χ3n) is 5.63. The molecule has 0 aliphatic heterocycles. The van der Waals surface area contributed by atoms with E-state index in [9.17, 15) is 36.3 Å². The van der Waals surface area contributed by atoms with Gasteiger partial charge in [-0.05, 0) is 72.4 Å². The number of aromatic carboxylic acids is 1. The van der Waals surface area contributed by atoms with E-state index in [0.29, 0.717) is 28.7 Å². The molecule has 0 spiro atoms. The van der Waals surface area contributed by atoms with E-state index in [1.165, 1.54) is 49.4 Å². The first kappa shape index (κ1) is 26.9. The third-order valence-corrected chi connectivity index (χ3v) is 7.39. The summed E-state index contributed by atoms with van der Waals surface area (Å²) in [5, 5.41) is 11.4. The highest BCUT2D eigenvalue weighted by molar-refractivity contribution is 7.91. The molecule has 190 valence electrons. The van der Waals surface area contributed by atoms with Crippen LogP contribution in [0.3, 0.4) is 0 Å². The Bertz CT molecular complexity index is 1380. The molecule has 1 atom stereocenters. The Balaban J connectivity index is 1.86. The van der Waals surface area contributed by atoms with Gasteiger partial charge in [0, 0.05) is 6.04 Å². The number of nitrogens with one attached hydrogen (secondary N) is 1. The predicted molar refractivity (Wildman–Crippen MR) is 127 cm³/mol. The fourth-order valence-electron chi connectivity index (χ4n) is 3.92. The molecular weight excluding hydrogens is 495 g/mol. The van der Waals surface area contributed by atoms with Gasteiger partial charge in [-0.1, -0.05) is 43.3 Å². The van der Waals surface area contributed by atoms with Gasteiger partial charge in [-0.2, -0.15) is 13.2 Å². The minimum Gasteiger partial charge on any atom is -0.478 e. The zero-order chi connectivity index (χ0) is 26.7. The molecule has 1 amide bonds. The quantitative estimate of drug-likeness (QED) is 0.434. The summed E-state index contributed by atoms with van der Waals surface area (Å²) in [4.78, 5) is 22.7. The van der Waals surface area contributed by atoms with Crippen LogP contribution in [-0.2, 0) is 27.5 Å². The van der Waals surface area contributed by atoms with E-state index >= 15 is 0 Å². The first-order valence-electron chi connectivity index (χ1n) is 11.0. The largest absolute Gasteiger partial charge is 0.478 e. The molecule has 0 heterocycles. The van der Waals surface area contributed by atoms with Crippen LogP contribution >= 0.6 is 0 Å². The van der Waals surface area contributed by atoms with E-state index in [1.807, 2.05) is 12.2 Å². The molecule has 3 aromatic carbocycles. The topological polar surface area (TPSA) is 101 Å². The number of rotatable bonds is 8. The van der Waals surface area contributed by atoms with Gasteiger partial charge in [-0.15, -0.1) is 0 Å². The van der Waals surface area contributed by atoms with Gasteiger partial charge < -0.3 is 10.4 Å². The second-order valence-electron chi connectivity index (χ2n) is 8.24. The van der Waals surface area contributed by atoms with Crippen LogP contribution in [0.25, 0.3) is 11.1 Å². The van der Waals surface area contributed by atoms with Crippen molar-refractivity contribution in [1.82, 2.24) is 5.32 Å². The van der Waals surface area contributed by atoms with Gasteiger partial charge in [-0.3, -0.25) is 4.79 Å². The van der Waals surface area contributed by atoms with E-state index in [0.717, 1.165) is 0 Å². The molecule has 6 nitrogen and oxygen atoms in total. The SMILES string of the molecule is CCc1c(C(=O)O)cccc1-c1cccc(S(=O)(=O)c2ccc(CC(C)NC(=O)C(F)(F)F)cc2)c1. The molecule has 0 bridgehead atoms. The average molecular weight is 520 g/mol. The van der Waals surface area contributed by atoms with Crippen LogP contribution in [-0.4, -0.2) is 37.6 Å². The number of carbonyl (C=O) groups is 2. The molecule has 3 rings (SSSR count). The van der Waals surface area contributed by atoms with E-state index in [1.54, 1.807) is 24.3 Å². The van der Waals surface area contributed by atoms with Crippen molar-refractivity contribution in [3.8, 4) is 11.1 Å². The maximum atomic E-state index is 13.3. The molecule has 0 saturated carbocycles.